The summed E-state index contributed by atoms with van der Waals surface area (Å²) in [6.07, 6.45) is 7.24. The average molecular weight is 575 g/mol. The number of rotatable bonds is 8. The molecule has 0 saturated carbocycles. The van der Waals surface area contributed by atoms with Crippen LogP contribution < -0.4 is 21.4 Å². The standard InChI is InChI=1S/C21H19N9O5S3/c1-35-27-12(15-26-21(23)38-28-15)16(31)25-13-17(32)30-14(19(33)34)9(8-36-18(13)30)3-2-5-29-6-4-11-10(7-29)24-20(22)37-11/h2-4,6-7,13,18H,5,8H2,1H3,(H5-,22,23,24,25,26,28,31,33,34)/p+1/t13?,18-/m1/s1. The molecule has 5 rings (SSSR count). The molecule has 5 heterocycles. The lowest BCUT2D eigenvalue weighted by Gasteiger charge is -2.49. The number of aliphatic carboxylic acids is 1. The van der Waals surface area contributed by atoms with E-state index in [0.29, 0.717) is 23.0 Å². The van der Waals surface area contributed by atoms with Gasteiger partial charge in [-0.15, -0.1) is 11.8 Å². The number of nitrogens with one attached hydrogen (secondary N) is 1. The van der Waals surface area contributed by atoms with Crippen LogP contribution in [0.25, 0.3) is 10.2 Å². The van der Waals surface area contributed by atoms with Crippen molar-refractivity contribution in [1.82, 2.24) is 24.6 Å². The number of nitrogen functional groups attached to an aromatic ring is 2. The van der Waals surface area contributed by atoms with Crippen molar-refractivity contribution >= 4 is 78.6 Å². The molecule has 0 aromatic carbocycles. The Kier molecular flexibility index (Phi) is 6.96. The monoisotopic (exact) mass is 574 g/mol. The topological polar surface area (TPSA) is 203 Å². The number of fused-ring (bicyclic) bond motifs is 2. The van der Waals surface area contributed by atoms with Crippen LogP contribution in [-0.4, -0.2) is 72.1 Å². The number of aromatic nitrogens is 4. The number of oxime groups is 1. The van der Waals surface area contributed by atoms with Crippen LogP contribution in [0.2, 0.25) is 0 Å². The number of hydrogen-bond donors (Lipinski definition) is 4. The Bertz CT molecular complexity index is 1550. The Morgan fingerprint density at radius 2 is 2.18 bits per heavy atom. The molecule has 0 aliphatic carbocycles. The summed E-state index contributed by atoms with van der Waals surface area (Å²) >= 11 is 3.62. The number of allylic oxidation sites excluding steroid dienone is 2. The van der Waals surface area contributed by atoms with Crippen LogP contribution in [-0.2, 0) is 25.8 Å². The van der Waals surface area contributed by atoms with Crippen molar-refractivity contribution in [3.63, 3.8) is 0 Å². The van der Waals surface area contributed by atoms with E-state index in [1.807, 2.05) is 29.1 Å². The van der Waals surface area contributed by atoms with E-state index in [1.54, 1.807) is 6.08 Å². The minimum Gasteiger partial charge on any atom is -0.477 e. The first-order valence-corrected chi connectivity index (χ1v) is 13.5. The average Bonchev–Trinajstić information content (AvgIpc) is 3.48. The van der Waals surface area contributed by atoms with Gasteiger partial charge < -0.3 is 26.7 Å². The second-order valence-corrected chi connectivity index (χ2v) is 10.9. The molecule has 1 unspecified atom stereocenters. The molecule has 2 aliphatic rings. The summed E-state index contributed by atoms with van der Waals surface area (Å²) in [7, 11) is 1.25. The number of carboxylic acids is 1. The highest BCUT2D eigenvalue weighted by molar-refractivity contribution is 8.00. The van der Waals surface area contributed by atoms with Gasteiger partial charge in [-0.3, -0.25) is 14.5 Å². The molecule has 17 heteroatoms. The molecule has 3 aromatic heterocycles. The summed E-state index contributed by atoms with van der Waals surface area (Å²) in [5.41, 5.74) is 12.2. The van der Waals surface area contributed by atoms with Crippen molar-refractivity contribution in [1.29, 1.82) is 0 Å². The molecule has 6 N–H and O–H groups in total. The SMILES string of the molecule is CON=C(C(=O)NC1C(=O)N2C(C(=O)O)=C(C=CC[n+]3ccc4sc(N)nc4c3)CS[C@H]12)c1nsc(N)n1. The van der Waals surface area contributed by atoms with Gasteiger partial charge in [0.05, 0.1) is 4.70 Å². The van der Waals surface area contributed by atoms with E-state index in [2.05, 4.69) is 24.8 Å². The van der Waals surface area contributed by atoms with Gasteiger partial charge in [0.25, 0.3) is 11.8 Å². The first-order valence-electron chi connectivity index (χ1n) is 10.9. The molecule has 2 aliphatic heterocycles. The first kappa shape index (κ1) is 25.6. The van der Waals surface area contributed by atoms with Gasteiger partial charge >= 0.3 is 5.97 Å². The number of nitrogens with zero attached hydrogens (tertiary/aromatic N) is 6. The molecular formula is C21H20N9O5S3+. The summed E-state index contributed by atoms with van der Waals surface area (Å²) in [4.78, 5) is 52.0. The second kappa shape index (κ2) is 10.3. The minimum absolute atomic E-state index is 0.0411. The van der Waals surface area contributed by atoms with Crippen molar-refractivity contribution in [2.75, 3.05) is 24.3 Å². The van der Waals surface area contributed by atoms with E-state index >= 15 is 0 Å². The number of carbonyl (C=O) groups excluding carboxylic acids is 2. The molecule has 1 saturated heterocycles. The second-order valence-electron chi connectivity index (χ2n) is 7.96. The lowest BCUT2D eigenvalue weighted by molar-refractivity contribution is -0.685. The third-order valence-electron chi connectivity index (χ3n) is 5.58. The van der Waals surface area contributed by atoms with E-state index in [1.165, 1.54) is 35.1 Å². The molecule has 14 nitrogen and oxygen atoms in total. The number of hydrogen-bond acceptors (Lipinski definition) is 13. The summed E-state index contributed by atoms with van der Waals surface area (Å²) < 4.78 is 6.81. The molecule has 38 heavy (non-hydrogen) atoms. The maximum atomic E-state index is 13.0. The maximum absolute atomic E-state index is 13.0. The molecule has 3 aromatic rings. The largest absolute Gasteiger partial charge is 0.477 e. The molecule has 0 radical (unpaired) electrons. The van der Waals surface area contributed by atoms with Crippen LogP contribution >= 0.6 is 34.6 Å². The molecule has 196 valence electrons. The van der Waals surface area contributed by atoms with Crippen molar-refractivity contribution in [3.05, 3.63) is 47.7 Å². The number of anilines is 2. The fourth-order valence-corrected chi connectivity index (χ4v) is 6.41. The number of pyridine rings is 1. The maximum Gasteiger partial charge on any atom is 0.352 e. The lowest BCUT2D eigenvalue weighted by atomic mass is 10.0. The van der Waals surface area contributed by atoms with Crippen LogP contribution in [0.4, 0.5) is 10.3 Å². The van der Waals surface area contributed by atoms with E-state index in [9.17, 15) is 19.5 Å². The number of nitrogens with two attached hydrogens (primary N) is 2. The van der Waals surface area contributed by atoms with Gasteiger partial charge in [0.2, 0.25) is 11.5 Å². The number of thiazole rings is 1. The molecule has 0 bridgehead atoms. The molecule has 1 fully saturated rings. The van der Waals surface area contributed by atoms with Gasteiger partial charge in [0, 0.05) is 23.4 Å². The normalized spacial score (nSPS) is 19.6. The number of thioether (sulfide) groups is 1. The van der Waals surface area contributed by atoms with Gasteiger partial charge in [-0.1, -0.05) is 22.6 Å². The Balaban J connectivity index is 1.30. The molecular weight excluding hydrogens is 554 g/mol. The summed E-state index contributed by atoms with van der Waals surface area (Å²) in [6, 6.07) is 0.952. The van der Waals surface area contributed by atoms with E-state index < -0.39 is 29.2 Å². The Morgan fingerprint density at radius 1 is 1.37 bits per heavy atom. The van der Waals surface area contributed by atoms with E-state index in [4.69, 9.17) is 16.3 Å². The summed E-state index contributed by atoms with van der Waals surface area (Å²) in [5.74, 6) is -2.24. The highest BCUT2D eigenvalue weighted by atomic mass is 32.2. The minimum atomic E-state index is -1.23. The zero-order valence-electron chi connectivity index (χ0n) is 19.6. The molecule has 0 spiro atoms. The van der Waals surface area contributed by atoms with Crippen molar-refractivity contribution in [3.8, 4) is 0 Å². The Labute approximate surface area is 226 Å². The lowest BCUT2D eigenvalue weighted by Crippen LogP contribution is -2.71. The predicted octanol–water partition coefficient (Wildman–Crippen LogP) is -0.0548. The van der Waals surface area contributed by atoms with Gasteiger partial charge in [0.1, 0.15) is 29.7 Å². The fourth-order valence-electron chi connectivity index (χ4n) is 3.95. The fraction of sp³-hybridized carbons (Fsp3) is 0.238. The number of amides is 2. The highest BCUT2D eigenvalue weighted by Crippen LogP contribution is 2.40. The van der Waals surface area contributed by atoms with Crippen LogP contribution in [0.5, 0.6) is 0 Å². The zero-order chi connectivity index (χ0) is 27.0. The number of β-lactam (4-membered cyclic amide) rings is 1. The first-order chi connectivity index (χ1) is 18.3. The Hall–Kier alpha value is -4.09. The van der Waals surface area contributed by atoms with Crippen LogP contribution in [0, 0.1) is 0 Å². The van der Waals surface area contributed by atoms with Gasteiger partial charge in [-0.2, -0.15) is 13.9 Å². The molecule has 2 amide bonds. The Morgan fingerprint density at radius 3 is 2.89 bits per heavy atom. The highest BCUT2D eigenvalue weighted by Gasteiger charge is 2.54. The molecule has 2 atom stereocenters. The smallest absolute Gasteiger partial charge is 0.352 e. The quantitative estimate of drug-likeness (QED) is 0.121. The van der Waals surface area contributed by atoms with Crippen LogP contribution in [0.1, 0.15) is 5.82 Å². The van der Waals surface area contributed by atoms with Crippen LogP contribution in [0.3, 0.4) is 0 Å². The zero-order valence-corrected chi connectivity index (χ0v) is 22.0. The third-order valence-corrected chi connectivity index (χ3v) is 8.29. The van der Waals surface area contributed by atoms with Gasteiger partial charge in [-0.25, -0.2) is 9.78 Å². The number of carboxylic acid groups (broad SMARTS) is 1. The summed E-state index contributed by atoms with van der Waals surface area (Å²) in [6.45, 7) is 0.460. The third kappa shape index (κ3) is 4.77. The van der Waals surface area contributed by atoms with Crippen LogP contribution in [0.15, 0.2) is 47.0 Å². The number of carbonyl (C=O) groups is 3. The predicted molar refractivity (Wildman–Crippen MR) is 141 cm³/mol. The van der Waals surface area contributed by atoms with E-state index in [-0.39, 0.29) is 22.4 Å². The van der Waals surface area contributed by atoms with Crippen molar-refractivity contribution in [2.24, 2.45) is 5.16 Å². The van der Waals surface area contributed by atoms with Crippen molar-refractivity contribution in [2.45, 2.75) is 18.0 Å². The van der Waals surface area contributed by atoms with Crippen molar-refractivity contribution < 1.29 is 28.9 Å². The van der Waals surface area contributed by atoms with Gasteiger partial charge in [-0.05, 0) is 11.6 Å². The van der Waals surface area contributed by atoms with Gasteiger partial charge in [0.15, 0.2) is 29.2 Å². The summed E-state index contributed by atoms with van der Waals surface area (Å²) in [5, 5.41) is 16.2. The van der Waals surface area contributed by atoms with E-state index in [0.717, 1.165) is 21.7 Å².